The highest BCUT2D eigenvalue weighted by molar-refractivity contribution is 6.04. The molecule has 1 aromatic carbocycles. The summed E-state index contributed by atoms with van der Waals surface area (Å²) >= 11 is 0. The summed E-state index contributed by atoms with van der Waals surface area (Å²) < 4.78 is 10.2. The first kappa shape index (κ1) is 13.7. The van der Waals surface area contributed by atoms with E-state index in [2.05, 4.69) is 10.3 Å². The van der Waals surface area contributed by atoms with E-state index in [-0.39, 0.29) is 11.0 Å². The first-order valence-electron chi connectivity index (χ1n) is 5.86. The van der Waals surface area contributed by atoms with Gasteiger partial charge in [0.1, 0.15) is 17.1 Å². The number of benzene rings is 1. The van der Waals surface area contributed by atoms with E-state index in [0.717, 1.165) is 0 Å². The first-order valence-corrected chi connectivity index (χ1v) is 5.86. The van der Waals surface area contributed by atoms with E-state index in [0.29, 0.717) is 17.2 Å². The fraction of sp³-hybridized carbons (Fsp3) is 0.143. The van der Waals surface area contributed by atoms with Crippen LogP contribution >= 0.6 is 0 Å². The van der Waals surface area contributed by atoms with Crippen LogP contribution in [0.3, 0.4) is 0 Å². The van der Waals surface area contributed by atoms with Gasteiger partial charge in [-0.2, -0.15) is 0 Å². The Balaban J connectivity index is 2.28. The minimum Gasteiger partial charge on any atom is -0.497 e. The third-order valence-electron chi connectivity index (χ3n) is 2.73. The van der Waals surface area contributed by atoms with Crippen LogP contribution in [0.1, 0.15) is 10.4 Å². The lowest BCUT2D eigenvalue weighted by molar-refractivity contribution is 0.102. The third kappa shape index (κ3) is 2.80. The molecule has 0 saturated carbocycles. The number of hydrogen-bond donors (Lipinski definition) is 2. The summed E-state index contributed by atoms with van der Waals surface area (Å²) in [7, 11) is 3.02. The molecule has 0 aliphatic rings. The molecule has 6 nitrogen and oxygen atoms in total. The Morgan fingerprint density at radius 3 is 2.65 bits per heavy atom. The van der Waals surface area contributed by atoms with Crippen molar-refractivity contribution in [2.24, 2.45) is 0 Å². The van der Waals surface area contributed by atoms with Gasteiger partial charge in [-0.1, -0.05) is 0 Å². The van der Waals surface area contributed by atoms with Crippen molar-refractivity contribution in [2.45, 2.75) is 0 Å². The second-order valence-corrected chi connectivity index (χ2v) is 3.94. The number of pyridine rings is 1. The summed E-state index contributed by atoms with van der Waals surface area (Å²) in [5.74, 6) is 0.554. The predicted molar refractivity (Wildman–Crippen MR) is 74.6 cm³/mol. The largest absolute Gasteiger partial charge is 0.497 e. The molecule has 20 heavy (non-hydrogen) atoms. The average Bonchev–Trinajstić information content (AvgIpc) is 2.48. The molecule has 0 spiro atoms. The smallest absolute Gasteiger partial charge is 0.261 e. The van der Waals surface area contributed by atoms with E-state index in [9.17, 15) is 9.59 Å². The van der Waals surface area contributed by atoms with Crippen LogP contribution in [0, 0.1) is 0 Å². The van der Waals surface area contributed by atoms with Gasteiger partial charge in [0.05, 0.1) is 19.9 Å². The van der Waals surface area contributed by atoms with Gasteiger partial charge < -0.3 is 19.8 Å². The number of methoxy groups -OCH3 is 2. The number of anilines is 1. The lowest BCUT2D eigenvalue weighted by Gasteiger charge is -2.11. The SMILES string of the molecule is COc1ccc(NC(=O)c2c[nH]ccc2=O)c(OC)c1. The van der Waals surface area contributed by atoms with Gasteiger partial charge >= 0.3 is 0 Å². The Morgan fingerprint density at radius 1 is 1.20 bits per heavy atom. The topological polar surface area (TPSA) is 80.4 Å². The number of H-pyrrole nitrogens is 1. The molecule has 104 valence electrons. The highest BCUT2D eigenvalue weighted by Crippen LogP contribution is 2.29. The van der Waals surface area contributed by atoms with E-state index >= 15 is 0 Å². The lowest BCUT2D eigenvalue weighted by Crippen LogP contribution is -2.21. The number of hydrogen-bond acceptors (Lipinski definition) is 4. The molecule has 0 saturated heterocycles. The molecule has 2 aromatic rings. The van der Waals surface area contributed by atoms with Crippen LogP contribution in [0.15, 0.2) is 41.5 Å². The molecule has 1 amide bonds. The van der Waals surface area contributed by atoms with Crippen molar-refractivity contribution >= 4 is 11.6 Å². The zero-order chi connectivity index (χ0) is 14.5. The van der Waals surface area contributed by atoms with Gasteiger partial charge in [-0.25, -0.2) is 0 Å². The fourth-order valence-corrected chi connectivity index (χ4v) is 1.69. The fourth-order valence-electron chi connectivity index (χ4n) is 1.69. The minimum absolute atomic E-state index is 0.0328. The summed E-state index contributed by atoms with van der Waals surface area (Å²) in [6, 6.07) is 6.27. The Bertz CT molecular complexity index is 679. The van der Waals surface area contributed by atoms with Crippen molar-refractivity contribution in [2.75, 3.05) is 19.5 Å². The van der Waals surface area contributed by atoms with Crippen LogP contribution in [0.5, 0.6) is 11.5 Å². The van der Waals surface area contributed by atoms with Crippen LogP contribution in [-0.2, 0) is 0 Å². The lowest BCUT2D eigenvalue weighted by atomic mass is 10.2. The van der Waals surface area contributed by atoms with Crippen LogP contribution in [-0.4, -0.2) is 25.1 Å². The molecule has 2 N–H and O–H groups in total. The quantitative estimate of drug-likeness (QED) is 0.888. The third-order valence-corrected chi connectivity index (χ3v) is 2.73. The van der Waals surface area contributed by atoms with Crippen LogP contribution in [0.4, 0.5) is 5.69 Å². The molecule has 1 heterocycles. The number of carbonyl (C=O) groups excluding carboxylic acids is 1. The van der Waals surface area contributed by atoms with Crippen molar-refractivity contribution in [3.63, 3.8) is 0 Å². The van der Waals surface area contributed by atoms with E-state index in [1.54, 1.807) is 18.2 Å². The molecule has 0 aliphatic carbocycles. The monoisotopic (exact) mass is 274 g/mol. The van der Waals surface area contributed by atoms with Gasteiger partial charge in [0.15, 0.2) is 5.43 Å². The van der Waals surface area contributed by atoms with Crippen LogP contribution in [0.2, 0.25) is 0 Å². The Kier molecular flexibility index (Phi) is 4.05. The molecule has 6 heteroatoms. The van der Waals surface area contributed by atoms with E-state index < -0.39 is 5.91 Å². The zero-order valence-electron chi connectivity index (χ0n) is 11.1. The summed E-state index contributed by atoms with van der Waals surface area (Å²) in [6.45, 7) is 0. The summed E-state index contributed by atoms with van der Waals surface area (Å²) in [4.78, 5) is 26.3. The molecule has 0 unspecified atom stereocenters. The van der Waals surface area contributed by atoms with Gasteiger partial charge in [0, 0.05) is 24.5 Å². The highest BCUT2D eigenvalue weighted by Gasteiger charge is 2.13. The molecular formula is C14H14N2O4. The highest BCUT2D eigenvalue weighted by atomic mass is 16.5. The number of nitrogens with one attached hydrogen (secondary N) is 2. The standard InChI is InChI=1S/C14H14N2O4/c1-19-9-3-4-11(13(7-9)20-2)16-14(18)10-8-15-6-5-12(10)17/h3-8H,1-2H3,(H,15,17)(H,16,18). The predicted octanol–water partition coefficient (Wildman–Crippen LogP) is 1.64. The molecule has 0 bridgehead atoms. The van der Waals surface area contributed by atoms with E-state index in [4.69, 9.17) is 9.47 Å². The maximum absolute atomic E-state index is 12.0. The Hall–Kier alpha value is -2.76. The number of rotatable bonds is 4. The van der Waals surface area contributed by atoms with Gasteiger partial charge in [-0.05, 0) is 12.1 Å². The van der Waals surface area contributed by atoms with Crippen LogP contribution < -0.4 is 20.2 Å². The van der Waals surface area contributed by atoms with Gasteiger partial charge in [-0.15, -0.1) is 0 Å². The van der Waals surface area contributed by atoms with E-state index in [1.165, 1.54) is 32.7 Å². The van der Waals surface area contributed by atoms with Gasteiger partial charge in [0.25, 0.3) is 5.91 Å². The Labute approximate surface area is 115 Å². The van der Waals surface area contributed by atoms with Crippen molar-refractivity contribution in [1.29, 1.82) is 0 Å². The van der Waals surface area contributed by atoms with Crippen LogP contribution in [0.25, 0.3) is 0 Å². The number of aromatic nitrogens is 1. The zero-order valence-corrected chi connectivity index (χ0v) is 11.1. The second-order valence-electron chi connectivity index (χ2n) is 3.94. The minimum atomic E-state index is -0.504. The number of amides is 1. The first-order chi connectivity index (χ1) is 9.65. The summed E-state index contributed by atoms with van der Waals surface area (Å²) in [6.07, 6.45) is 2.82. The average molecular weight is 274 g/mol. The molecule has 0 atom stereocenters. The van der Waals surface area contributed by atoms with E-state index in [1.807, 2.05) is 0 Å². The summed E-state index contributed by atoms with van der Waals surface area (Å²) in [5.41, 5.74) is 0.139. The number of aromatic amines is 1. The Morgan fingerprint density at radius 2 is 2.00 bits per heavy atom. The molecule has 0 radical (unpaired) electrons. The number of ether oxygens (including phenoxy) is 2. The van der Waals surface area contributed by atoms with Crippen molar-refractivity contribution in [3.8, 4) is 11.5 Å². The molecular weight excluding hydrogens is 260 g/mol. The maximum atomic E-state index is 12.0. The molecule has 2 rings (SSSR count). The van der Waals surface area contributed by atoms with Crippen molar-refractivity contribution < 1.29 is 14.3 Å². The molecule has 1 aromatic heterocycles. The van der Waals surface area contributed by atoms with Gasteiger partial charge in [0.2, 0.25) is 0 Å². The summed E-state index contributed by atoms with van der Waals surface area (Å²) in [5, 5.41) is 2.63. The van der Waals surface area contributed by atoms with Gasteiger partial charge in [-0.3, -0.25) is 9.59 Å². The molecule has 0 fully saturated rings. The second kappa shape index (κ2) is 5.92. The normalized spacial score (nSPS) is 9.90. The van der Waals surface area contributed by atoms with Crippen molar-refractivity contribution in [1.82, 2.24) is 4.98 Å². The van der Waals surface area contributed by atoms with Crippen molar-refractivity contribution in [3.05, 3.63) is 52.4 Å². The maximum Gasteiger partial charge on any atom is 0.261 e. The number of carbonyl (C=O) groups is 1. The molecule has 0 aliphatic heterocycles.